The smallest absolute Gasteiger partial charge is 0.171 e. The summed E-state index contributed by atoms with van der Waals surface area (Å²) in [6, 6.07) is 9.31. The highest BCUT2D eigenvalue weighted by Crippen LogP contribution is 2.42. The number of nitrogens with two attached hydrogens (primary N) is 1. The van der Waals surface area contributed by atoms with Gasteiger partial charge in [-0.1, -0.05) is 0 Å². The van der Waals surface area contributed by atoms with Crippen molar-refractivity contribution in [3.8, 4) is 5.75 Å². The van der Waals surface area contributed by atoms with Crippen LogP contribution in [-0.4, -0.2) is 25.4 Å². The molecule has 5 rings (SSSR count). The maximum Gasteiger partial charge on any atom is 0.171 e. The maximum absolute atomic E-state index is 6.08. The van der Waals surface area contributed by atoms with Crippen molar-refractivity contribution in [3.05, 3.63) is 41.6 Å². The zero-order chi connectivity index (χ0) is 17.8. The first-order valence-electron chi connectivity index (χ1n) is 9.48. The number of fused-ring (bicyclic) bond motifs is 1. The molecule has 136 valence electrons. The Bertz CT molecular complexity index is 962. The summed E-state index contributed by atoms with van der Waals surface area (Å²) >= 11 is 0. The summed E-state index contributed by atoms with van der Waals surface area (Å²) in [4.78, 5) is 0. The zero-order valence-corrected chi connectivity index (χ0v) is 15.4. The van der Waals surface area contributed by atoms with Crippen molar-refractivity contribution in [2.75, 3.05) is 0 Å². The fourth-order valence-corrected chi connectivity index (χ4v) is 4.02. The molecular weight excluding hydrogens is 326 g/mol. The van der Waals surface area contributed by atoms with Gasteiger partial charge >= 0.3 is 0 Å². The van der Waals surface area contributed by atoms with Gasteiger partial charge in [-0.15, -0.1) is 10.2 Å². The van der Waals surface area contributed by atoms with Gasteiger partial charge < -0.3 is 19.6 Å². The van der Waals surface area contributed by atoms with E-state index in [0.29, 0.717) is 24.6 Å². The molecule has 0 radical (unpaired) electrons. The fourth-order valence-electron chi connectivity index (χ4n) is 4.02. The lowest BCUT2D eigenvalue weighted by Crippen LogP contribution is -2.36. The predicted octanol–water partition coefficient (Wildman–Crippen LogP) is 3.20. The Balaban J connectivity index is 1.37. The summed E-state index contributed by atoms with van der Waals surface area (Å²) in [6.07, 6.45) is 4.48. The predicted molar refractivity (Wildman–Crippen MR) is 100 cm³/mol. The van der Waals surface area contributed by atoms with E-state index in [4.69, 9.17) is 10.5 Å². The second kappa shape index (κ2) is 5.84. The monoisotopic (exact) mass is 351 g/mol. The number of nitrogens with zero attached hydrogens (tertiary/aromatic N) is 4. The number of aromatic nitrogens is 4. The first kappa shape index (κ1) is 15.9. The van der Waals surface area contributed by atoms with Crippen LogP contribution in [0.4, 0.5) is 0 Å². The van der Waals surface area contributed by atoms with E-state index >= 15 is 0 Å². The van der Waals surface area contributed by atoms with Gasteiger partial charge in [-0.05, 0) is 56.9 Å². The Labute approximate surface area is 153 Å². The van der Waals surface area contributed by atoms with Gasteiger partial charge in [-0.25, -0.2) is 0 Å². The molecule has 0 spiro atoms. The summed E-state index contributed by atoms with van der Waals surface area (Å²) in [7, 11) is 2.09. The number of benzene rings is 1. The number of rotatable bonds is 5. The molecule has 6 heteroatoms. The van der Waals surface area contributed by atoms with Crippen LogP contribution in [0.25, 0.3) is 10.9 Å². The number of hydrogen-bond donors (Lipinski definition) is 1. The van der Waals surface area contributed by atoms with Gasteiger partial charge in [0.05, 0.1) is 0 Å². The van der Waals surface area contributed by atoms with E-state index in [-0.39, 0.29) is 0 Å². The van der Waals surface area contributed by atoms with E-state index in [2.05, 4.69) is 51.5 Å². The van der Waals surface area contributed by atoms with Gasteiger partial charge in [0.1, 0.15) is 18.2 Å². The van der Waals surface area contributed by atoms with Crippen LogP contribution in [0.2, 0.25) is 0 Å². The number of ether oxygens (including phenoxy) is 1. The van der Waals surface area contributed by atoms with E-state index in [1.807, 2.05) is 6.07 Å². The van der Waals surface area contributed by atoms with Crippen LogP contribution in [0.3, 0.4) is 0 Å². The van der Waals surface area contributed by atoms with Gasteiger partial charge in [0, 0.05) is 41.6 Å². The normalized spacial score (nSPS) is 22.6. The Morgan fingerprint density at radius 1 is 1.19 bits per heavy atom. The Hall–Kier alpha value is -2.34. The summed E-state index contributed by atoms with van der Waals surface area (Å²) in [5.74, 6) is 3.39. The second-order valence-electron chi connectivity index (χ2n) is 7.86. The third kappa shape index (κ3) is 2.60. The van der Waals surface area contributed by atoms with Gasteiger partial charge in [-0.3, -0.25) is 0 Å². The van der Waals surface area contributed by atoms with E-state index < -0.39 is 0 Å². The minimum absolute atomic E-state index is 0.324. The van der Waals surface area contributed by atoms with Crippen molar-refractivity contribution in [1.82, 2.24) is 19.3 Å². The second-order valence-corrected chi connectivity index (χ2v) is 7.86. The first-order chi connectivity index (χ1) is 12.6. The van der Waals surface area contributed by atoms with Crippen LogP contribution < -0.4 is 10.5 Å². The van der Waals surface area contributed by atoms with Gasteiger partial charge in [0.25, 0.3) is 0 Å². The largest absolute Gasteiger partial charge is 0.486 e. The maximum atomic E-state index is 6.08. The topological polar surface area (TPSA) is 70.9 Å². The van der Waals surface area contributed by atoms with Gasteiger partial charge in [-0.2, -0.15) is 0 Å². The molecule has 0 bridgehead atoms. The highest BCUT2D eigenvalue weighted by molar-refractivity contribution is 5.82. The number of aryl methyl sites for hydroxylation is 2. The molecule has 0 aliphatic heterocycles. The molecule has 6 nitrogen and oxygen atoms in total. The summed E-state index contributed by atoms with van der Waals surface area (Å²) in [5, 5.41) is 10.1. The standard InChI is InChI=1S/C20H25N5O/c1-12-7-13-10-17(5-6-18(13)24(12)2)26-11-19-22-23-20(14-8-15(21)9-14)25(19)16-3-4-16/h5-7,10,14-16H,3-4,8-9,11,21H2,1-2H3. The van der Waals surface area contributed by atoms with Crippen molar-refractivity contribution in [1.29, 1.82) is 0 Å². The molecule has 2 heterocycles. The molecule has 26 heavy (non-hydrogen) atoms. The zero-order valence-electron chi connectivity index (χ0n) is 15.4. The molecule has 2 fully saturated rings. The first-order valence-corrected chi connectivity index (χ1v) is 9.48. The van der Waals surface area contributed by atoms with Crippen LogP contribution in [0.1, 0.15) is 55.0 Å². The van der Waals surface area contributed by atoms with E-state index in [1.165, 1.54) is 29.4 Å². The lowest BCUT2D eigenvalue weighted by molar-refractivity contribution is 0.285. The average Bonchev–Trinajstić information content (AvgIpc) is 3.29. The lowest BCUT2D eigenvalue weighted by Gasteiger charge is -2.31. The summed E-state index contributed by atoms with van der Waals surface area (Å²) in [6.45, 7) is 2.58. The molecule has 1 aromatic carbocycles. The molecule has 3 aromatic rings. The third-order valence-electron chi connectivity index (χ3n) is 5.87. The minimum atomic E-state index is 0.324. The van der Waals surface area contributed by atoms with Crippen LogP contribution in [0.5, 0.6) is 5.75 Å². The molecule has 2 N–H and O–H groups in total. The van der Waals surface area contributed by atoms with Crippen LogP contribution in [0, 0.1) is 6.92 Å². The van der Waals surface area contributed by atoms with Crippen LogP contribution in [-0.2, 0) is 13.7 Å². The Morgan fingerprint density at radius 3 is 2.73 bits per heavy atom. The third-order valence-corrected chi connectivity index (χ3v) is 5.87. The van der Waals surface area contributed by atoms with Crippen molar-refractivity contribution >= 4 is 10.9 Å². The van der Waals surface area contributed by atoms with Crippen molar-refractivity contribution < 1.29 is 4.74 Å². The highest BCUT2D eigenvalue weighted by Gasteiger charge is 2.36. The van der Waals surface area contributed by atoms with Crippen LogP contribution >= 0.6 is 0 Å². The summed E-state index contributed by atoms with van der Waals surface area (Å²) in [5.41, 5.74) is 8.43. The molecule has 0 amide bonds. The van der Waals surface area contributed by atoms with Crippen molar-refractivity contribution in [2.24, 2.45) is 12.8 Å². The van der Waals surface area contributed by atoms with Crippen LogP contribution in [0.15, 0.2) is 24.3 Å². The SMILES string of the molecule is Cc1cc2cc(OCc3nnc(C4CC(N)C4)n3C3CC3)ccc2n1C. The molecule has 2 aliphatic rings. The highest BCUT2D eigenvalue weighted by atomic mass is 16.5. The molecule has 2 aromatic heterocycles. The molecule has 0 saturated heterocycles. The number of hydrogen-bond acceptors (Lipinski definition) is 4. The van der Waals surface area contributed by atoms with E-state index in [0.717, 1.165) is 30.2 Å². The molecular formula is C20H25N5O. The van der Waals surface area contributed by atoms with E-state index in [1.54, 1.807) is 0 Å². The Kier molecular flexibility index (Phi) is 3.57. The van der Waals surface area contributed by atoms with Crippen molar-refractivity contribution in [2.45, 2.75) is 57.2 Å². The quantitative estimate of drug-likeness (QED) is 0.766. The minimum Gasteiger partial charge on any atom is -0.486 e. The van der Waals surface area contributed by atoms with E-state index in [9.17, 15) is 0 Å². The van der Waals surface area contributed by atoms with Gasteiger partial charge in [0.2, 0.25) is 0 Å². The fraction of sp³-hybridized carbons (Fsp3) is 0.500. The van der Waals surface area contributed by atoms with Crippen molar-refractivity contribution in [3.63, 3.8) is 0 Å². The Morgan fingerprint density at radius 2 is 2.00 bits per heavy atom. The lowest BCUT2D eigenvalue weighted by atomic mass is 9.80. The van der Waals surface area contributed by atoms with Gasteiger partial charge in [0.15, 0.2) is 5.82 Å². The molecule has 0 atom stereocenters. The summed E-state index contributed by atoms with van der Waals surface area (Å²) < 4.78 is 10.6. The molecule has 0 unspecified atom stereocenters. The molecule has 2 saturated carbocycles. The molecule has 2 aliphatic carbocycles. The average molecular weight is 351 g/mol.